The molecule has 0 radical (unpaired) electrons. The van der Waals surface area contributed by atoms with E-state index in [2.05, 4.69) is 26.0 Å². The van der Waals surface area contributed by atoms with E-state index in [1.165, 1.54) is 11.6 Å². The molecule has 188 valence electrons. The van der Waals surface area contributed by atoms with Crippen LogP contribution in [-0.2, 0) is 11.4 Å². The molecule has 1 aliphatic rings. The van der Waals surface area contributed by atoms with Crippen molar-refractivity contribution in [2.24, 2.45) is 5.41 Å². The van der Waals surface area contributed by atoms with Crippen molar-refractivity contribution in [2.75, 3.05) is 7.11 Å². The zero-order valence-electron chi connectivity index (χ0n) is 21.3. The van der Waals surface area contributed by atoms with E-state index in [1.54, 1.807) is 19.2 Å². The molecule has 1 aliphatic carbocycles. The van der Waals surface area contributed by atoms with E-state index in [9.17, 15) is 9.18 Å². The molecule has 5 heteroatoms. The van der Waals surface area contributed by atoms with Gasteiger partial charge in [-0.25, -0.2) is 4.39 Å². The number of benzene rings is 3. The normalized spacial score (nSPS) is 15.3. The lowest BCUT2D eigenvalue weighted by molar-refractivity contribution is -0.137. The highest BCUT2D eigenvalue weighted by atomic mass is 19.1. The maximum Gasteiger partial charge on any atom is 0.303 e. The number of hydrogen-bond donors (Lipinski definition) is 1. The lowest BCUT2D eigenvalue weighted by atomic mass is 9.79. The van der Waals surface area contributed by atoms with Gasteiger partial charge in [0.1, 0.15) is 23.9 Å². The van der Waals surface area contributed by atoms with Gasteiger partial charge in [0.05, 0.1) is 13.5 Å². The second-order valence-corrected chi connectivity index (χ2v) is 10.1. The first-order chi connectivity index (χ1) is 17.2. The number of carboxylic acid groups (broad SMARTS) is 1. The highest BCUT2D eigenvalue weighted by molar-refractivity contribution is 5.85. The number of rotatable bonds is 9. The maximum atomic E-state index is 15.0. The van der Waals surface area contributed by atoms with Gasteiger partial charge in [0.2, 0.25) is 0 Å². The van der Waals surface area contributed by atoms with E-state index >= 15 is 0 Å². The number of carboxylic acids is 1. The van der Waals surface area contributed by atoms with Crippen LogP contribution in [0.1, 0.15) is 62.6 Å². The van der Waals surface area contributed by atoms with Gasteiger partial charge in [-0.3, -0.25) is 4.79 Å². The number of ether oxygens (including phenoxy) is 2. The average Bonchev–Trinajstić information content (AvgIpc) is 3.21. The molecule has 0 aliphatic heterocycles. The molecule has 0 fully saturated rings. The Bertz CT molecular complexity index is 1290. The first-order valence-corrected chi connectivity index (χ1v) is 12.3. The van der Waals surface area contributed by atoms with Gasteiger partial charge in [0, 0.05) is 5.56 Å². The molecule has 4 rings (SSSR count). The smallest absolute Gasteiger partial charge is 0.303 e. The zero-order valence-corrected chi connectivity index (χ0v) is 21.3. The minimum absolute atomic E-state index is 0.0157. The monoisotopic (exact) mass is 488 g/mol. The molecule has 0 saturated heterocycles. The number of halogens is 1. The summed E-state index contributed by atoms with van der Waals surface area (Å²) in [6, 6.07) is 18.4. The molecule has 3 aromatic rings. The predicted molar refractivity (Wildman–Crippen MR) is 141 cm³/mol. The molecule has 1 N–H and O–H groups in total. The van der Waals surface area contributed by atoms with Crippen molar-refractivity contribution in [3.8, 4) is 22.6 Å². The van der Waals surface area contributed by atoms with E-state index in [1.807, 2.05) is 43.3 Å². The number of methoxy groups -OCH3 is 1. The van der Waals surface area contributed by atoms with E-state index in [-0.39, 0.29) is 23.6 Å². The Labute approximate surface area is 212 Å². The standard InChI is InChI=1S/C31H33FO4/c1-20(15-30(33)34)22-7-5-8-24(17-22)36-19-21-10-12-25(27-18-23(35-4)11-13-29(27)32)26(16-21)28-9-6-14-31(28,2)3/h5,7-13,16-18,20H,6,14-15,19H2,1-4H3,(H,33,34)/t20-/m0/s1. The Morgan fingerprint density at radius 2 is 1.83 bits per heavy atom. The van der Waals surface area contributed by atoms with Crippen LogP contribution in [0.4, 0.5) is 4.39 Å². The molecule has 0 heterocycles. The molecule has 1 atom stereocenters. The fraction of sp³-hybridized carbons (Fsp3) is 0.323. The van der Waals surface area contributed by atoms with Crippen LogP contribution in [-0.4, -0.2) is 18.2 Å². The summed E-state index contributed by atoms with van der Waals surface area (Å²) in [6.45, 7) is 6.69. The summed E-state index contributed by atoms with van der Waals surface area (Å²) in [4.78, 5) is 11.1. The van der Waals surface area contributed by atoms with Crippen LogP contribution < -0.4 is 9.47 Å². The van der Waals surface area contributed by atoms with Crippen LogP contribution in [0.3, 0.4) is 0 Å². The lowest BCUT2D eigenvalue weighted by Crippen LogP contribution is -2.10. The van der Waals surface area contributed by atoms with Crippen molar-refractivity contribution < 1.29 is 23.8 Å². The van der Waals surface area contributed by atoms with Crippen LogP contribution >= 0.6 is 0 Å². The van der Waals surface area contributed by atoms with Crippen LogP contribution in [0.15, 0.2) is 66.7 Å². The predicted octanol–water partition coefficient (Wildman–Crippen LogP) is 7.86. The number of hydrogen-bond acceptors (Lipinski definition) is 3. The topological polar surface area (TPSA) is 55.8 Å². The molecule has 0 aromatic heterocycles. The zero-order chi connectivity index (χ0) is 25.9. The molecule has 0 saturated carbocycles. The molecule has 0 amide bonds. The van der Waals surface area contributed by atoms with E-state index in [0.717, 1.165) is 35.1 Å². The largest absolute Gasteiger partial charge is 0.497 e. The van der Waals surface area contributed by atoms with E-state index < -0.39 is 5.97 Å². The van der Waals surface area contributed by atoms with Crippen LogP contribution in [0.5, 0.6) is 11.5 Å². The van der Waals surface area contributed by atoms with Crippen molar-refractivity contribution in [2.45, 2.75) is 52.6 Å². The maximum absolute atomic E-state index is 15.0. The van der Waals surface area contributed by atoms with Gasteiger partial charge in [-0.2, -0.15) is 0 Å². The third-order valence-electron chi connectivity index (χ3n) is 7.00. The SMILES string of the molecule is COc1ccc(F)c(-c2ccc(COc3cccc([C@@H](C)CC(=O)O)c3)cc2C2=CCCC2(C)C)c1. The Hall–Kier alpha value is -3.60. The van der Waals surface area contributed by atoms with Gasteiger partial charge in [-0.1, -0.05) is 51.1 Å². The molecule has 0 spiro atoms. The summed E-state index contributed by atoms with van der Waals surface area (Å²) >= 11 is 0. The summed E-state index contributed by atoms with van der Waals surface area (Å²) in [7, 11) is 1.58. The first-order valence-electron chi connectivity index (χ1n) is 12.3. The summed E-state index contributed by atoms with van der Waals surface area (Å²) in [6.07, 6.45) is 4.36. The quantitative estimate of drug-likeness (QED) is 0.333. The summed E-state index contributed by atoms with van der Waals surface area (Å²) in [5, 5.41) is 9.10. The van der Waals surface area contributed by atoms with Gasteiger partial charge in [0.25, 0.3) is 0 Å². The number of carbonyl (C=O) groups is 1. The molecule has 4 nitrogen and oxygen atoms in total. The molecule has 0 unspecified atom stereocenters. The molecule has 36 heavy (non-hydrogen) atoms. The van der Waals surface area contributed by atoms with Gasteiger partial charge in [-0.05, 0) is 88.4 Å². The highest BCUT2D eigenvalue weighted by Gasteiger charge is 2.30. The molecular weight excluding hydrogens is 455 g/mol. The minimum atomic E-state index is -0.821. The Balaban J connectivity index is 1.66. The van der Waals surface area contributed by atoms with Crippen molar-refractivity contribution in [1.29, 1.82) is 0 Å². The number of allylic oxidation sites excluding steroid dienone is 2. The first kappa shape index (κ1) is 25.5. The average molecular weight is 489 g/mol. The van der Waals surface area contributed by atoms with Crippen molar-refractivity contribution in [3.63, 3.8) is 0 Å². The van der Waals surface area contributed by atoms with Gasteiger partial charge < -0.3 is 14.6 Å². The summed E-state index contributed by atoms with van der Waals surface area (Å²) in [5.74, 6) is 0.0880. The number of aliphatic carboxylic acids is 1. The fourth-order valence-corrected chi connectivity index (χ4v) is 4.90. The third kappa shape index (κ3) is 5.62. The Morgan fingerprint density at radius 3 is 2.53 bits per heavy atom. The molecular formula is C31H33FO4. The van der Waals surface area contributed by atoms with Gasteiger partial charge in [-0.15, -0.1) is 0 Å². The van der Waals surface area contributed by atoms with Crippen LogP contribution in [0, 0.1) is 11.2 Å². The van der Waals surface area contributed by atoms with Crippen LogP contribution in [0.25, 0.3) is 16.7 Å². The summed E-state index contributed by atoms with van der Waals surface area (Å²) < 4.78 is 26.4. The minimum Gasteiger partial charge on any atom is -0.497 e. The van der Waals surface area contributed by atoms with Gasteiger partial charge in [0.15, 0.2) is 0 Å². The van der Waals surface area contributed by atoms with Crippen molar-refractivity contribution >= 4 is 11.5 Å². The van der Waals surface area contributed by atoms with Crippen molar-refractivity contribution in [3.05, 3.63) is 89.2 Å². The Kier molecular flexibility index (Phi) is 7.48. The summed E-state index contributed by atoms with van der Waals surface area (Å²) in [5.41, 5.74) is 5.46. The van der Waals surface area contributed by atoms with E-state index in [0.29, 0.717) is 23.7 Å². The van der Waals surface area contributed by atoms with Crippen LogP contribution in [0.2, 0.25) is 0 Å². The third-order valence-corrected chi connectivity index (χ3v) is 7.00. The highest BCUT2D eigenvalue weighted by Crippen LogP contribution is 2.47. The second kappa shape index (κ2) is 10.6. The lowest BCUT2D eigenvalue weighted by Gasteiger charge is -2.25. The van der Waals surface area contributed by atoms with Gasteiger partial charge >= 0.3 is 5.97 Å². The fourth-order valence-electron chi connectivity index (χ4n) is 4.90. The Morgan fingerprint density at radius 1 is 1.03 bits per heavy atom. The molecule has 0 bridgehead atoms. The van der Waals surface area contributed by atoms with Crippen molar-refractivity contribution in [1.82, 2.24) is 0 Å². The van der Waals surface area contributed by atoms with E-state index in [4.69, 9.17) is 14.6 Å². The molecule has 3 aromatic carbocycles. The second-order valence-electron chi connectivity index (χ2n) is 10.1.